The molecular weight excluding hydrogens is 290 g/mol. The van der Waals surface area contributed by atoms with Crippen LogP contribution in [0.1, 0.15) is 11.3 Å². The number of benzene rings is 1. The molecule has 0 saturated heterocycles. The summed E-state index contributed by atoms with van der Waals surface area (Å²) in [6.45, 7) is 1.96. The van der Waals surface area contributed by atoms with Crippen LogP contribution in [0.3, 0.4) is 0 Å². The number of nitrogens with zero attached hydrogens (tertiary/aromatic N) is 5. The van der Waals surface area contributed by atoms with E-state index in [1.165, 1.54) is 6.20 Å². The Hall–Kier alpha value is -3.40. The molecule has 0 unspecified atom stereocenters. The van der Waals surface area contributed by atoms with Crippen molar-refractivity contribution in [3.8, 4) is 11.8 Å². The third-order valence-electron chi connectivity index (χ3n) is 3.40. The van der Waals surface area contributed by atoms with Crippen molar-refractivity contribution in [2.75, 3.05) is 17.7 Å². The Morgan fingerprint density at radius 2 is 1.96 bits per heavy atom. The van der Waals surface area contributed by atoms with Crippen LogP contribution in [0.5, 0.6) is 0 Å². The maximum atomic E-state index is 9.00. The zero-order chi connectivity index (χ0) is 16.2. The summed E-state index contributed by atoms with van der Waals surface area (Å²) in [5.74, 6) is 0.891. The summed E-state index contributed by atoms with van der Waals surface area (Å²) in [5, 5.41) is 19.4. The SMILES string of the molecule is CNc1nc(Nc2cnn(-c3ccccc3)c2C)ncc1C#N. The first-order valence-corrected chi connectivity index (χ1v) is 7.05. The molecule has 0 amide bonds. The summed E-state index contributed by atoms with van der Waals surface area (Å²) in [5.41, 5.74) is 3.13. The van der Waals surface area contributed by atoms with Crippen molar-refractivity contribution in [3.05, 3.63) is 54.0 Å². The van der Waals surface area contributed by atoms with Gasteiger partial charge in [0, 0.05) is 7.05 Å². The van der Waals surface area contributed by atoms with E-state index in [9.17, 15) is 0 Å². The van der Waals surface area contributed by atoms with Crippen molar-refractivity contribution in [2.45, 2.75) is 6.92 Å². The molecule has 2 aromatic heterocycles. The molecule has 1 aromatic carbocycles. The van der Waals surface area contributed by atoms with Crippen LogP contribution in [-0.4, -0.2) is 26.8 Å². The monoisotopic (exact) mass is 305 g/mol. The summed E-state index contributed by atoms with van der Waals surface area (Å²) in [7, 11) is 1.71. The molecule has 0 fully saturated rings. The van der Waals surface area contributed by atoms with Crippen molar-refractivity contribution in [1.82, 2.24) is 19.7 Å². The smallest absolute Gasteiger partial charge is 0.229 e. The van der Waals surface area contributed by atoms with Crippen LogP contribution in [0.4, 0.5) is 17.5 Å². The summed E-state index contributed by atoms with van der Waals surface area (Å²) in [6.07, 6.45) is 3.21. The van der Waals surface area contributed by atoms with Gasteiger partial charge in [-0.05, 0) is 19.1 Å². The molecule has 3 aromatic rings. The van der Waals surface area contributed by atoms with Crippen molar-refractivity contribution in [2.24, 2.45) is 0 Å². The molecule has 0 aliphatic rings. The minimum atomic E-state index is 0.398. The Labute approximate surface area is 133 Å². The fourth-order valence-electron chi connectivity index (χ4n) is 2.20. The first-order chi connectivity index (χ1) is 11.2. The molecule has 0 spiro atoms. The summed E-state index contributed by atoms with van der Waals surface area (Å²) >= 11 is 0. The zero-order valence-corrected chi connectivity index (χ0v) is 12.8. The van der Waals surface area contributed by atoms with Gasteiger partial charge in [-0.1, -0.05) is 18.2 Å². The number of aromatic nitrogens is 4. The highest BCUT2D eigenvalue weighted by molar-refractivity contribution is 5.60. The van der Waals surface area contributed by atoms with Crippen LogP contribution in [0.2, 0.25) is 0 Å². The molecule has 0 aliphatic carbocycles. The van der Waals surface area contributed by atoms with Crippen molar-refractivity contribution in [1.29, 1.82) is 5.26 Å². The molecule has 0 atom stereocenters. The van der Waals surface area contributed by atoms with Gasteiger partial charge < -0.3 is 10.6 Å². The first-order valence-electron chi connectivity index (χ1n) is 7.05. The van der Waals surface area contributed by atoms with E-state index in [0.717, 1.165) is 17.1 Å². The van der Waals surface area contributed by atoms with E-state index in [1.807, 2.05) is 48.0 Å². The van der Waals surface area contributed by atoms with E-state index in [2.05, 4.69) is 25.7 Å². The van der Waals surface area contributed by atoms with Gasteiger partial charge in [0.1, 0.15) is 17.5 Å². The molecule has 2 heterocycles. The van der Waals surface area contributed by atoms with Gasteiger partial charge in [0.25, 0.3) is 0 Å². The van der Waals surface area contributed by atoms with Gasteiger partial charge in [-0.25, -0.2) is 9.67 Å². The number of hydrogen-bond acceptors (Lipinski definition) is 6. The zero-order valence-electron chi connectivity index (χ0n) is 12.8. The average Bonchev–Trinajstić information content (AvgIpc) is 2.96. The Morgan fingerprint density at radius 3 is 2.65 bits per heavy atom. The molecule has 2 N–H and O–H groups in total. The minimum Gasteiger partial charge on any atom is -0.372 e. The summed E-state index contributed by atoms with van der Waals surface area (Å²) in [6, 6.07) is 11.9. The predicted octanol–water partition coefficient (Wildman–Crippen LogP) is 2.63. The number of para-hydroxylation sites is 1. The van der Waals surface area contributed by atoms with Crippen molar-refractivity contribution < 1.29 is 0 Å². The second-order valence-corrected chi connectivity index (χ2v) is 4.83. The van der Waals surface area contributed by atoms with Crippen LogP contribution in [0.25, 0.3) is 5.69 Å². The van der Waals surface area contributed by atoms with E-state index in [0.29, 0.717) is 17.3 Å². The van der Waals surface area contributed by atoms with Crippen molar-refractivity contribution >= 4 is 17.5 Å². The van der Waals surface area contributed by atoms with E-state index in [1.54, 1.807) is 13.2 Å². The Balaban J connectivity index is 1.90. The van der Waals surface area contributed by atoms with Crippen LogP contribution >= 0.6 is 0 Å². The minimum absolute atomic E-state index is 0.398. The number of nitriles is 1. The fraction of sp³-hybridized carbons (Fsp3) is 0.125. The molecule has 114 valence electrons. The highest BCUT2D eigenvalue weighted by atomic mass is 15.3. The molecule has 0 saturated carbocycles. The van der Waals surface area contributed by atoms with E-state index in [-0.39, 0.29) is 0 Å². The number of rotatable bonds is 4. The molecule has 0 aliphatic heterocycles. The third-order valence-corrected chi connectivity index (χ3v) is 3.40. The normalized spacial score (nSPS) is 10.1. The Kier molecular flexibility index (Phi) is 3.89. The van der Waals surface area contributed by atoms with Gasteiger partial charge >= 0.3 is 0 Å². The molecule has 23 heavy (non-hydrogen) atoms. The predicted molar refractivity (Wildman–Crippen MR) is 87.9 cm³/mol. The lowest BCUT2D eigenvalue weighted by Crippen LogP contribution is -2.04. The van der Waals surface area contributed by atoms with Crippen LogP contribution in [-0.2, 0) is 0 Å². The number of hydrogen-bond donors (Lipinski definition) is 2. The molecular formula is C16H15N7. The number of anilines is 3. The van der Waals surface area contributed by atoms with Gasteiger partial charge in [-0.3, -0.25) is 0 Å². The summed E-state index contributed by atoms with van der Waals surface area (Å²) < 4.78 is 1.84. The van der Waals surface area contributed by atoms with E-state index in [4.69, 9.17) is 5.26 Å². The quantitative estimate of drug-likeness (QED) is 0.770. The van der Waals surface area contributed by atoms with Gasteiger partial charge in [-0.15, -0.1) is 0 Å². The largest absolute Gasteiger partial charge is 0.372 e. The maximum absolute atomic E-state index is 9.00. The lowest BCUT2D eigenvalue weighted by Gasteiger charge is -2.08. The van der Waals surface area contributed by atoms with Crippen LogP contribution in [0.15, 0.2) is 42.7 Å². The number of nitrogens with one attached hydrogen (secondary N) is 2. The summed E-state index contributed by atoms with van der Waals surface area (Å²) in [4.78, 5) is 8.44. The van der Waals surface area contributed by atoms with Crippen molar-refractivity contribution in [3.63, 3.8) is 0 Å². The molecule has 7 nitrogen and oxygen atoms in total. The highest BCUT2D eigenvalue weighted by Crippen LogP contribution is 2.22. The van der Waals surface area contributed by atoms with Gasteiger partial charge in [-0.2, -0.15) is 15.3 Å². The maximum Gasteiger partial charge on any atom is 0.229 e. The van der Waals surface area contributed by atoms with Gasteiger partial charge in [0.15, 0.2) is 0 Å². The van der Waals surface area contributed by atoms with E-state index < -0.39 is 0 Å². The molecule has 7 heteroatoms. The molecule has 0 radical (unpaired) electrons. The lowest BCUT2D eigenvalue weighted by atomic mass is 10.3. The van der Waals surface area contributed by atoms with Crippen LogP contribution in [0, 0.1) is 18.3 Å². The Bertz CT molecular complexity index is 862. The lowest BCUT2D eigenvalue weighted by molar-refractivity contribution is 0.847. The molecule has 0 bridgehead atoms. The topological polar surface area (TPSA) is 91.4 Å². The second kappa shape index (κ2) is 6.15. The third kappa shape index (κ3) is 2.82. The molecule has 3 rings (SSSR count). The fourth-order valence-corrected chi connectivity index (χ4v) is 2.20. The Morgan fingerprint density at radius 1 is 1.17 bits per heavy atom. The first kappa shape index (κ1) is 14.5. The van der Waals surface area contributed by atoms with Crippen LogP contribution < -0.4 is 10.6 Å². The average molecular weight is 305 g/mol. The van der Waals surface area contributed by atoms with Gasteiger partial charge in [0.2, 0.25) is 5.95 Å². The highest BCUT2D eigenvalue weighted by Gasteiger charge is 2.11. The van der Waals surface area contributed by atoms with E-state index >= 15 is 0 Å². The standard InChI is InChI=1S/C16H15N7/c1-11-14(10-20-23(11)13-6-4-3-5-7-13)21-16-19-9-12(8-17)15(18-2)22-16/h3-7,9-10H,1-2H3,(H2,18,19,21,22). The van der Waals surface area contributed by atoms with Gasteiger partial charge in [0.05, 0.1) is 29.5 Å². The second-order valence-electron chi connectivity index (χ2n) is 4.83.